The number of nitrogens with zero attached hydrogens (tertiary/aromatic N) is 1. The number of nitrogens with two attached hydrogens (primary N) is 1. The zero-order chi connectivity index (χ0) is 12.5. The molecule has 0 unspecified atom stereocenters. The maximum Gasteiger partial charge on any atom is 0.129 e. The van der Waals surface area contributed by atoms with Crippen LogP contribution in [0.15, 0.2) is 18.2 Å². The molecular weight excluding hydrogens is 219 g/mol. The van der Waals surface area contributed by atoms with Crippen molar-refractivity contribution in [1.29, 1.82) is 0 Å². The molecule has 3 nitrogen and oxygen atoms in total. The van der Waals surface area contributed by atoms with Crippen molar-refractivity contribution in [2.75, 3.05) is 24.7 Å². The predicted molar refractivity (Wildman–Crippen MR) is 66.5 cm³/mol. The van der Waals surface area contributed by atoms with Crippen LogP contribution in [0.4, 0.5) is 10.1 Å². The first-order valence-electron chi connectivity index (χ1n) is 5.88. The molecule has 1 fully saturated rings. The molecule has 1 aromatic rings. The number of rotatable bonds is 2. The Kier molecular flexibility index (Phi) is 3.35. The Labute approximate surface area is 101 Å². The number of hydrogen-bond donors (Lipinski definition) is 1. The van der Waals surface area contributed by atoms with Gasteiger partial charge in [-0.3, -0.25) is 0 Å². The highest BCUT2D eigenvalue weighted by Gasteiger charge is 2.30. The van der Waals surface area contributed by atoms with Gasteiger partial charge in [-0.05, 0) is 26.0 Å². The van der Waals surface area contributed by atoms with Crippen LogP contribution in [-0.4, -0.2) is 25.3 Å². The van der Waals surface area contributed by atoms with Gasteiger partial charge in [0.2, 0.25) is 0 Å². The van der Waals surface area contributed by atoms with Crippen molar-refractivity contribution in [2.45, 2.75) is 25.9 Å². The molecule has 0 amide bonds. The molecule has 1 aliphatic rings. The molecule has 1 saturated heterocycles. The zero-order valence-electron chi connectivity index (χ0n) is 10.4. The SMILES string of the molecule is CC1(C)COCCN1c1ccc(CN)c(F)c1. The standard InChI is InChI=1S/C13H19FN2O/c1-13(2)9-17-6-5-16(13)11-4-3-10(8-15)12(14)7-11/h3-4,7H,5-6,8-9,15H2,1-2H3. The van der Waals surface area contributed by atoms with Crippen LogP contribution in [0.3, 0.4) is 0 Å². The number of hydrogen-bond acceptors (Lipinski definition) is 3. The Hall–Kier alpha value is -1.13. The molecule has 1 heterocycles. The largest absolute Gasteiger partial charge is 0.377 e. The summed E-state index contributed by atoms with van der Waals surface area (Å²) in [6, 6.07) is 5.25. The molecule has 0 atom stereocenters. The van der Waals surface area contributed by atoms with E-state index in [2.05, 4.69) is 18.7 Å². The minimum Gasteiger partial charge on any atom is -0.377 e. The van der Waals surface area contributed by atoms with Gasteiger partial charge in [-0.1, -0.05) is 6.07 Å². The molecular formula is C13H19FN2O. The highest BCUT2D eigenvalue weighted by Crippen LogP contribution is 2.28. The van der Waals surface area contributed by atoms with Crippen molar-refractivity contribution in [3.05, 3.63) is 29.6 Å². The summed E-state index contributed by atoms with van der Waals surface area (Å²) < 4.78 is 19.2. The van der Waals surface area contributed by atoms with E-state index in [4.69, 9.17) is 10.5 Å². The maximum atomic E-state index is 13.7. The number of ether oxygens (including phenoxy) is 1. The molecule has 1 aromatic carbocycles. The van der Waals surface area contributed by atoms with Crippen LogP contribution in [0.2, 0.25) is 0 Å². The second-order valence-electron chi connectivity index (χ2n) is 5.00. The minimum atomic E-state index is -0.229. The number of halogens is 1. The topological polar surface area (TPSA) is 38.5 Å². The molecule has 17 heavy (non-hydrogen) atoms. The normalized spacial score (nSPS) is 19.4. The first kappa shape index (κ1) is 12.3. The van der Waals surface area contributed by atoms with Gasteiger partial charge in [0.15, 0.2) is 0 Å². The maximum absolute atomic E-state index is 13.7. The summed E-state index contributed by atoms with van der Waals surface area (Å²) in [7, 11) is 0. The number of morpholine rings is 1. The fourth-order valence-electron chi connectivity index (χ4n) is 2.21. The Balaban J connectivity index is 2.30. The molecule has 2 rings (SSSR count). The van der Waals surface area contributed by atoms with Crippen molar-refractivity contribution < 1.29 is 9.13 Å². The van der Waals surface area contributed by atoms with E-state index < -0.39 is 0 Å². The van der Waals surface area contributed by atoms with Crippen molar-refractivity contribution >= 4 is 5.69 Å². The van der Waals surface area contributed by atoms with E-state index in [1.165, 1.54) is 0 Å². The summed E-state index contributed by atoms with van der Waals surface area (Å²) >= 11 is 0. The number of anilines is 1. The lowest BCUT2D eigenvalue weighted by molar-refractivity contribution is 0.0644. The van der Waals surface area contributed by atoms with E-state index in [0.717, 1.165) is 12.2 Å². The van der Waals surface area contributed by atoms with Gasteiger partial charge in [-0.15, -0.1) is 0 Å². The van der Waals surface area contributed by atoms with E-state index in [0.29, 0.717) is 18.8 Å². The van der Waals surface area contributed by atoms with Crippen LogP contribution >= 0.6 is 0 Å². The minimum absolute atomic E-state index is 0.102. The van der Waals surface area contributed by atoms with Gasteiger partial charge >= 0.3 is 0 Å². The fraction of sp³-hybridized carbons (Fsp3) is 0.538. The molecule has 0 spiro atoms. The second-order valence-corrected chi connectivity index (χ2v) is 5.00. The van der Waals surface area contributed by atoms with Gasteiger partial charge in [-0.2, -0.15) is 0 Å². The second kappa shape index (κ2) is 4.63. The van der Waals surface area contributed by atoms with E-state index in [1.54, 1.807) is 12.1 Å². The van der Waals surface area contributed by atoms with Crippen LogP contribution in [0.5, 0.6) is 0 Å². The van der Waals surface area contributed by atoms with Crippen LogP contribution in [0.25, 0.3) is 0 Å². The van der Waals surface area contributed by atoms with E-state index in [-0.39, 0.29) is 17.9 Å². The average Bonchev–Trinajstić information content (AvgIpc) is 2.28. The summed E-state index contributed by atoms with van der Waals surface area (Å²) in [6.45, 7) is 6.56. The van der Waals surface area contributed by atoms with E-state index in [1.807, 2.05) is 6.07 Å². The van der Waals surface area contributed by atoms with Gasteiger partial charge < -0.3 is 15.4 Å². The van der Waals surface area contributed by atoms with Crippen LogP contribution in [0, 0.1) is 5.82 Å². The van der Waals surface area contributed by atoms with Gasteiger partial charge in [0.05, 0.1) is 18.8 Å². The van der Waals surface area contributed by atoms with E-state index >= 15 is 0 Å². The predicted octanol–water partition coefficient (Wildman–Crippen LogP) is 1.90. The van der Waals surface area contributed by atoms with E-state index in [9.17, 15) is 4.39 Å². The smallest absolute Gasteiger partial charge is 0.129 e. The molecule has 4 heteroatoms. The zero-order valence-corrected chi connectivity index (χ0v) is 10.4. The summed E-state index contributed by atoms with van der Waals surface area (Å²) in [5.41, 5.74) is 6.81. The van der Waals surface area contributed by atoms with Crippen LogP contribution in [0.1, 0.15) is 19.4 Å². The Bertz CT molecular complexity index is 406. The number of benzene rings is 1. The molecule has 1 aliphatic heterocycles. The quantitative estimate of drug-likeness (QED) is 0.855. The first-order valence-corrected chi connectivity index (χ1v) is 5.88. The molecule has 0 saturated carbocycles. The summed E-state index contributed by atoms with van der Waals surface area (Å²) in [6.07, 6.45) is 0. The van der Waals surface area contributed by atoms with Crippen LogP contribution < -0.4 is 10.6 Å². The molecule has 2 N–H and O–H groups in total. The monoisotopic (exact) mass is 238 g/mol. The molecule has 0 bridgehead atoms. The molecule has 0 radical (unpaired) electrons. The van der Waals surface area contributed by atoms with Gasteiger partial charge in [-0.25, -0.2) is 4.39 Å². The highest BCUT2D eigenvalue weighted by atomic mass is 19.1. The van der Waals surface area contributed by atoms with Crippen LogP contribution in [-0.2, 0) is 11.3 Å². The lowest BCUT2D eigenvalue weighted by Crippen LogP contribution is -2.53. The highest BCUT2D eigenvalue weighted by molar-refractivity contribution is 5.51. The Morgan fingerprint density at radius 2 is 2.24 bits per heavy atom. The van der Waals surface area contributed by atoms with Gasteiger partial charge in [0.25, 0.3) is 0 Å². The third-order valence-corrected chi connectivity index (χ3v) is 3.21. The summed E-state index contributed by atoms with van der Waals surface area (Å²) in [5.74, 6) is -0.229. The average molecular weight is 238 g/mol. The fourth-order valence-corrected chi connectivity index (χ4v) is 2.21. The first-order chi connectivity index (χ1) is 8.04. The Morgan fingerprint density at radius 3 is 2.82 bits per heavy atom. The lowest BCUT2D eigenvalue weighted by atomic mass is 10.0. The summed E-state index contributed by atoms with van der Waals surface area (Å²) in [4.78, 5) is 2.18. The van der Waals surface area contributed by atoms with Crippen molar-refractivity contribution in [3.63, 3.8) is 0 Å². The van der Waals surface area contributed by atoms with Crippen molar-refractivity contribution in [1.82, 2.24) is 0 Å². The molecule has 0 aliphatic carbocycles. The summed E-state index contributed by atoms with van der Waals surface area (Å²) in [5, 5.41) is 0. The van der Waals surface area contributed by atoms with Gasteiger partial charge in [0, 0.05) is 24.3 Å². The molecule has 94 valence electrons. The Morgan fingerprint density at radius 1 is 1.47 bits per heavy atom. The molecule has 0 aromatic heterocycles. The van der Waals surface area contributed by atoms with Crippen molar-refractivity contribution in [3.8, 4) is 0 Å². The van der Waals surface area contributed by atoms with Crippen molar-refractivity contribution in [2.24, 2.45) is 5.73 Å². The third-order valence-electron chi connectivity index (χ3n) is 3.21. The van der Waals surface area contributed by atoms with Gasteiger partial charge in [0.1, 0.15) is 5.82 Å². The third kappa shape index (κ3) is 2.42. The lowest BCUT2D eigenvalue weighted by Gasteiger charge is -2.43.